The molecule has 0 heterocycles. The van der Waals surface area contributed by atoms with Crippen molar-refractivity contribution in [3.63, 3.8) is 0 Å². The van der Waals surface area contributed by atoms with Crippen LogP contribution in [0.25, 0.3) is 0 Å². The summed E-state index contributed by atoms with van der Waals surface area (Å²) in [6.07, 6.45) is 1.10. The molecule has 3 rings (SSSR count). The van der Waals surface area contributed by atoms with Gasteiger partial charge in [0.05, 0.1) is 24.6 Å². The van der Waals surface area contributed by atoms with E-state index >= 15 is 0 Å². The number of nitrogens with zero attached hydrogens (tertiary/aromatic N) is 1. The Balaban J connectivity index is 1.91. The zero-order valence-corrected chi connectivity index (χ0v) is 20.2. The first kappa shape index (κ1) is 24.3. The molecule has 0 bridgehead atoms. The third-order valence-electron chi connectivity index (χ3n) is 5.32. The molecule has 0 aliphatic heterocycles. The van der Waals surface area contributed by atoms with E-state index in [0.29, 0.717) is 18.0 Å². The summed E-state index contributed by atoms with van der Waals surface area (Å²) in [6, 6.07) is 22.8. The maximum absolute atomic E-state index is 13.4. The SMILES string of the molecule is CCOc1ccc(N([C@H](C)C(=O)N[C@H](c2ccccc2)c2ccc(C)cc2)S(C)(=O)=O)cc1. The van der Waals surface area contributed by atoms with E-state index in [1.54, 1.807) is 31.2 Å². The molecule has 7 heteroatoms. The topological polar surface area (TPSA) is 75.7 Å². The van der Waals surface area contributed by atoms with Crippen molar-refractivity contribution in [1.29, 1.82) is 0 Å². The monoisotopic (exact) mass is 466 g/mol. The summed E-state index contributed by atoms with van der Waals surface area (Å²) in [7, 11) is -3.73. The molecule has 0 aliphatic rings. The summed E-state index contributed by atoms with van der Waals surface area (Å²) in [5, 5.41) is 3.05. The highest BCUT2D eigenvalue weighted by Gasteiger charge is 2.31. The van der Waals surface area contributed by atoms with Gasteiger partial charge in [-0.25, -0.2) is 8.42 Å². The number of sulfonamides is 1. The van der Waals surface area contributed by atoms with Crippen molar-refractivity contribution >= 4 is 21.6 Å². The van der Waals surface area contributed by atoms with E-state index < -0.39 is 28.0 Å². The number of rotatable bonds is 9. The molecule has 1 N–H and O–H groups in total. The molecule has 0 saturated carbocycles. The number of aryl methyl sites for hydroxylation is 1. The van der Waals surface area contributed by atoms with Crippen LogP contribution in [0.1, 0.15) is 36.6 Å². The second-order valence-electron chi connectivity index (χ2n) is 7.92. The minimum atomic E-state index is -3.73. The van der Waals surface area contributed by atoms with Crippen LogP contribution in [0.2, 0.25) is 0 Å². The molecule has 2 atom stereocenters. The highest BCUT2D eigenvalue weighted by Crippen LogP contribution is 2.26. The lowest BCUT2D eigenvalue weighted by Gasteiger charge is -2.30. The molecular weight excluding hydrogens is 436 g/mol. The predicted octanol–water partition coefficient (Wildman–Crippen LogP) is 4.45. The van der Waals surface area contributed by atoms with E-state index in [2.05, 4.69) is 5.32 Å². The van der Waals surface area contributed by atoms with Gasteiger partial charge in [-0.15, -0.1) is 0 Å². The van der Waals surface area contributed by atoms with Crippen LogP contribution in [0.3, 0.4) is 0 Å². The summed E-state index contributed by atoms with van der Waals surface area (Å²) in [6.45, 7) is 5.97. The number of amides is 1. The fourth-order valence-electron chi connectivity index (χ4n) is 3.69. The molecule has 0 spiro atoms. The van der Waals surface area contributed by atoms with Gasteiger partial charge in [0.25, 0.3) is 0 Å². The zero-order valence-electron chi connectivity index (χ0n) is 19.4. The van der Waals surface area contributed by atoms with E-state index in [1.165, 1.54) is 0 Å². The van der Waals surface area contributed by atoms with Gasteiger partial charge >= 0.3 is 0 Å². The molecule has 0 fully saturated rings. The van der Waals surface area contributed by atoms with Crippen LogP contribution in [0.5, 0.6) is 5.75 Å². The van der Waals surface area contributed by atoms with Gasteiger partial charge in [-0.05, 0) is 56.2 Å². The van der Waals surface area contributed by atoms with Gasteiger partial charge in [0, 0.05) is 0 Å². The molecular formula is C26H30N2O4S. The second kappa shape index (κ2) is 10.5. The van der Waals surface area contributed by atoms with E-state index in [9.17, 15) is 13.2 Å². The summed E-state index contributed by atoms with van der Waals surface area (Å²) in [5.41, 5.74) is 3.34. The highest BCUT2D eigenvalue weighted by molar-refractivity contribution is 7.92. The van der Waals surface area contributed by atoms with Crippen molar-refractivity contribution in [1.82, 2.24) is 5.32 Å². The molecule has 6 nitrogen and oxygen atoms in total. The number of anilines is 1. The van der Waals surface area contributed by atoms with E-state index in [4.69, 9.17) is 4.74 Å². The van der Waals surface area contributed by atoms with Gasteiger partial charge in [0.1, 0.15) is 11.8 Å². The third kappa shape index (κ3) is 6.14. The van der Waals surface area contributed by atoms with Crippen LogP contribution in [-0.4, -0.2) is 33.2 Å². The van der Waals surface area contributed by atoms with Gasteiger partial charge in [0.15, 0.2) is 0 Å². The normalized spacial score (nSPS) is 13.1. The Labute approximate surface area is 196 Å². The molecule has 3 aromatic rings. The molecule has 3 aromatic carbocycles. The van der Waals surface area contributed by atoms with Crippen molar-refractivity contribution in [2.24, 2.45) is 0 Å². The van der Waals surface area contributed by atoms with Crippen LogP contribution >= 0.6 is 0 Å². The number of nitrogens with one attached hydrogen (secondary N) is 1. The predicted molar refractivity (Wildman–Crippen MR) is 132 cm³/mol. The van der Waals surface area contributed by atoms with Gasteiger partial charge in [-0.1, -0.05) is 60.2 Å². The van der Waals surface area contributed by atoms with Crippen molar-refractivity contribution < 1.29 is 17.9 Å². The van der Waals surface area contributed by atoms with Crippen LogP contribution in [-0.2, 0) is 14.8 Å². The minimum Gasteiger partial charge on any atom is -0.494 e. The number of hydrogen-bond donors (Lipinski definition) is 1. The first-order valence-electron chi connectivity index (χ1n) is 10.8. The average molecular weight is 467 g/mol. The first-order chi connectivity index (χ1) is 15.7. The molecule has 0 saturated heterocycles. The number of carbonyl (C=O) groups excluding carboxylic acids is 1. The maximum atomic E-state index is 13.4. The highest BCUT2D eigenvalue weighted by atomic mass is 32.2. The fourth-order valence-corrected chi connectivity index (χ4v) is 4.87. The summed E-state index contributed by atoms with van der Waals surface area (Å²) < 4.78 is 31.9. The fraction of sp³-hybridized carbons (Fsp3) is 0.269. The van der Waals surface area contributed by atoms with Crippen molar-refractivity contribution in [3.8, 4) is 5.75 Å². The molecule has 0 unspecified atom stereocenters. The Morgan fingerprint density at radius 3 is 2.06 bits per heavy atom. The Bertz CT molecular complexity index is 1160. The van der Waals surface area contributed by atoms with Gasteiger partial charge in [0.2, 0.25) is 15.9 Å². The second-order valence-corrected chi connectivity index (χ2v) is 9.78. The largest absolute Gasteiger partial charge is 0.494 e. The lowest BCUT2D eigenvalue weighted by atomic mass is 9.97. The van der Waals surface area contributed by atoms with Crippen molar-refractivity contribution in [3.05, 3.63) is 95.6 Å². The average Bonchev–Trinajstić information content (AvgIpc) is 2.79. The van der Waals surface area contributed by atoms with Crippen LogP contribution in [0, 0.1) is 6.92 Å². The van der Waals surface area contributed by atoms with Gasteiger partial charge < -0.3 is 10.1 Å². The first-order valence-corrected chi connectivity index (χ1v) is 12.7. The summed E-state index contributed by atoms with van der Waals surface area (Å²) >= 11 is 0. The molecule has 1 amide bonds. The Morgan fingerprint density at radius 1 is 0.939 bits per heavy atom. The van der Waals surface area contributed by atoms with Crippen LogP contribution in [0.15, 0.2) is 78.9 Å². The number of hydrogen-bond acceptors (Lipinski definition) is 4. The summed E-state index contributed by atoms with van der Waals surface area (Å²) in [4.78, 5) is 13.4. The summed E-state index contributed by atoms with van der Waals surface area (Å²) in [5.74, 6) is 0.235. The Kier molecular flexibility index (Phi) is 7.76. The Morgan fingerprint density at radius 2 is 1.52 bits per heavy atom. The van der Waals surface area contributed by atoms with E-state index in [0.717, 1.165) is 27.3 Å². The Hall–Kier alpha value is -3.32. The lowest BCUT2D eigenvalue weighted by molar-refractivity contribution is -0.122. The number of carbonyl (C=O) groups is 1. The standard InChI is InChI=1S/C26H30N2O4S/c1-5-32-24-17-15-23(16-18-24)28(33(4,30)31)20(3)26(29)27-25(21-9-7-6-8-10-21)22-13-11-19(2)12-14-22/h6-18,20,25H,5H2,1-4H3,(H,27,29)/t20-,25-/m1/s1. The number of ether oxygens (including phenoxy) is 1. The van der Waals surface area contributed by atoms with Gasteiger partial charge in [-0.2, -0.15) is 0 Å². The van der Waals surface area contributed by atoms with Crippen LogP contribution in [0.4, 0.5) is 5.69 Å². The minimum absolute atomic E-state index is 0.398. The van der Waals surface area contributed by atoms with E-state index in [1.807, 2.05) is 68.4 Å². The molecule has 0 radical (unpaired) electrons. The molecule has 33 heavy (non-hydrogen) atoms. The van der Waals surface area contributed by atoms with Crippen LogP contribution < -0.4 is 14.4 Å². The maximum Gasteiger partial charge on any atom is 0.244 e. The van der Waals surface area contributed by atoms with Crippen molar-refractivity contribution in [2.45, 2.75) is 32.9 Å². The molecule has 0 aromatic heterocycles. The lowest BCUT2D eigenvalue weighted by Crippen LogP contribution is -2.48. The van der Waals surface area contributed by atoms with Gasteiger partial charge in [-0.3, -0.25) is 9.10 Å². The quantitative estimate of drug-likeness (QED) is 0.505. The third-order valence-corrected chi connectivity index (χ3v) is 6.56. The molecule has 174 valence electrons. The smallest absolute Gasteiger partial charge is 0.244 e. The van der Waals surface area contributed by atoms with Crippen molar-refractivity contribution in [2.75, 3.05) is 17.2 Å². The zero-order chi connectivity index (χ0) is 24.0. The number of benzene rings is 3. The molecule has 0 aliphatic carbocycles. The van der Waals surface area contributed by atoms with E-state index in [-0.39, 0.29) is 0 Å².